The minimum Gasteiger partial charge on any atom is -0.452 e. The number of nitrogen functional groups attached to an aromatic ring is 1. The van der Waals surface area contributed by atoms with Crippen LogP contribution in [0.4, 0.5) is 15.6 Å². The third-order valence-electron chi connectivity index (χ3n) is 8.00. The molecule has 2 aromatic heterocycles. The number of aromatic amines is 1. The first-order valence-electron chi connectivity index (χ1n) is 11.1. The SMILES string of the molecule is COC(=O)N1c2ccc3[nH]ncc3c2[C@H]2C3CCC(C3)[C@H]2[C@@H]1c1ccc2nc(N)sc2c1. The normalized spacial score (nSPS) is 28.3. The first-order chi connectivity index (χ1) is 15.6. The Morgan fingerprint density at radius 3 is 3.00 bits per heavy atom. The summed E-state index contributed by atoms with van der Waals surface area (Å²) in [6.07, 6.45) is 5.31. The monoisotopic (exact) mass is 445 g/mol. The quantitative estimate of drug-likeness (QED) is 0.419. The van der Waals surface area contributed by atoms with Crippen LogP contribution >= 0.6 is 11.3 Å². The summed E-state index contributed by atoms with van der Waals surface area (Å²) in [5.41, 5.74) is 11.2. The van der Waals surface area contributed by atoms with Crippen molar-refractivity contribution in [3.63, 3.8) is 0 Å². The Morgan fingerprint density at radius 1 is 1.25 bits per heavy atom. The molecule has 3 heterocycles. The fraction of sp³-hybridized carbons (Fsp3) is 0.375. The van der Waals surface area contributed by atoms with Crippen molar-refractivity contribution in [2.75, 3.05) is 17.7 Å². The van der Waals surface area contributed by atoms with Crippen LogP contribution < -0.4 is 10.6 Å². The number of nitrogens with two attached hydrogens (primary N) is 1. The number of nitrogens with zero attached hydrogens (tertiary/aromatic N) is 3. The summed E-state index contributed by atoms with van der Waals surface area (Å²) in [5.74, 6) is 2.01. The molecule has 1 amide bonds. The van der Waals surface area contributed by atoms with Gasteiger partial charge in [0.05, 0.1) is 40.8 Å². The molecular weight excluding hydrogens is 422 g/mol. The largest absolute Gasteiger partial charge is 0.452 e. The standard InChI is InChI=1S/C24H23N5O2S/c1-31-24(30)29-17-7-6-15-14(10-26-28-15)21(17)19-11-2-3-12(8-11)20(19)22(29)13-4-5-16-18(9-13)32-23(25)27-16/h4-7,9-12,19-20,22H,2-3,8H2,1H3,(H2,25,27)(H,26,28)/t11?,12?,19-,20+,22-/m0/s1. The molecule has 8 heteroatoms. The number of aromatic nitrogens is 3. The van der Waals surface area contributed by atoms with E-state index in [-0.39, 0.29) is 12.1 Å². The Morgan fingerprint density at radius 2 is 2.12 bits per heavy atom. The second-order valence-corrected chi connectivity index (χ2v) is 10.4. The van der Waals surface area contributed by atoms with Crippen molar-refractivity contribution < 1.29 is 9.53 Å². The molecule has 2 aromatic carbocycles. The molecular formula is C24H23N5O2S. The average Bonchev–Trinajstić information content (AvgIpc) is 3.59. The van der Waals surface area contributed by atoms with Gasteiger partial charge in [0.2, 0.25) is 0 Å². The topological polar surface area (TPSA) is 97.1 Å². The number of hydrogen-bond acceptors (Lipinski definition) is 6. The van der Waals surface area contributed by atoms with Crippen LogP contribution in [0, 0.1) is 17.8 Å². The first kappa shape index (κ1) is 18.4. The van der Waals surface area contributed by atoms with Crippen molar-refractivity contribution in [3.05, 3.63) is 47.7 Å². The number of amides is 1. The van der Waals surface area contributed by atoms with Crippen LogP contribution in [-0.4, -0.2) is 28.4 Å². The number of rotatable bonds is 1. The van der Waals surface area contributed by atoms with Crippen LogP contribution in [-0.2, 0) is 4.74 Å². The van der Waals surface area contributed by atoms with Gasteiger partial charge in [-0.3, -0.25) is 10.00 Å². The summed E-state index contributed by atoms with van der Waals surface area (Å²) >= 11 is 1.49. The predicted octanol–water partition coefficient (Wildman–Crippen LogP) is 5.21. The first-order valence-corrected chi connectivity index (χ1v) is 11.9. The van der Waals surface area contributed by atoms with E-state index in [4.69, 9.17) is 10.5 Å². The van der Waals surface area contributed by atoms with E-state index in [0.29, 0.717) is 28.8 Å². The van der Waals surface area contributed by atoms with E-state index in [2.05, 4.69) is 33.4 Å². The lowest BCUT2D eigenvalue weighted by Crippen LogP contribution is -2.46. The Kier molecular flexibility index (Phi) is 3.72. The van der Waals surface area contributed by atoms with Crippen LogP contribution in [0.25, 0.3) is 21.1 Å². The van der Waals surface area contributed by atoms with Crippen LogP contribution in [0.15, 0.2) is 36.5 Å². The van der Waals surface area contributed by atoms with Gasteiger partial charge in [-0.1, -0.05) is 17.4 Å². The summed E-state index contributed by atoms with van der Waals surface area (Å²) in [5, 5.41) is 9.12. The summed E-state index contributed by atoms with van der Waals surface area (Å²) in [6.45, 7) is 0. The van der Waals surface area contributed by atoms with E-state index < -0.39 is 0 Å². The molecule has 2 unspecified atom stereocenters. The average molecular weight is 446 g/mol. The number of nitrogens with one attached hydrogen (secondary N) is 1. The number of hydrogen-bond donors (Lipinski definition) is 2. The maximum atomic E-state index is 13.3. The number of anilines is 2. The summed E-state index contributed by atoms with van der Waals surface area (Å²) in [7, 11) is 1.47. The van der Waals surface area contributed by atoms with Crippen molar-refractivity contribution in [1.29, 1.82) is 0 Å². The zero-order valence-electron chi connectivity index (χ0n) is 17.6. The van der Waals surface area contributed by atoms with E-state index in [1.165, 1.54) is 43.3 Å². The Labute approximate surface area is 188 Å². The number of carbonyl (C=O) groups is 1. The molecule has 0 spiro atoms. The number of thiazole rings is 1. The fourth-order valence-corrected chi connectivity index (χ4v) is 7.74. The molecule has 2 fully saturated rings. The molecule has 7 nitrogen and oxygen atoms in total. The van der Waals surface area contributed by atoms with E-state index in [0.717, 1.165) is 32.4 Å². The van der Waals surface area contributed by atoms with Crippen molar-refractivity contribution in [3.8, 4) is 0 Å². The third kappa shape index (κ3) is 2.33. The molecule has 4 aromatic rings. The van der Waals surface area contributed by atoms with Crippen molar-refractivity contribution in [1.82, 2.24) is 15.2 Å². The van der Waals surface area contributed by atoms with E-state index in [1.807, 2.05) is 23.2 Å². The number of methoxy groups -OCH3 is 1. The summed E-state index contributed by atoms with van der Waals surface area (Å²) < 4.78 is 6.40. The van der Waals surface area contributed by atoms with Crippen LogP contribution in [0.2, 0.25) is 0 Å². The molecule has 0 saturated heterocycles. The van der Waals surface area contributed by atoms with Crippen molar-refractivity contribution >= 4 is 49.4 Å². The minimum atomic E-state index is -0.316. The number of carbonyl (C=O) groups excluding carboxylic acids is 1. The Bertz CT molecular complexity index is 1390. The van der Waals surface area contributed by atoms with Gasteiger partial charge in [-0.2, -0.15) is 5.10 Å². The summed E-state index contributed by atoms with van der Waals surface area (Å²) in [6, 6.07) is 10.3. The molecule has 162 valence electrons. The van der Waals surface area contributed by atoms with Gasteiger partial charge in [-0.15, -0.1) is 0 Å². The highest BCUT2D eigenvalue weighted by molar-refractivity contribution is 7.22. The predicted molar refractivity (Wildman–Crippen MR) is 125 cm³/mol. The third-order valence-corrected chi connectivity index (χ3v) is 8.85. The molecule has 5 atom stereocenters. The lowest BCUT2D eigenvalue weighted by atomic mass is 9.66. The number of ether oxygens (including phenoxy) is 1. The van der Waals surface area contributed by atoms with Gasteiger partial charge in [-0.05, 0) is 78.3 Å². The van der Waals surface area contributed by atoms with Crippen LogP contribution in [0.1, 0.15) is 42.3 Å². The zero-order valence-corrected chi connectivity index (χ0v) is 18.4. The van der Waals surface area contributed by atoms with Crippen molar-refractivity contribution in [2.45, 2.75) is 31.2 Å². The molecule has 7 rings (SSSR count). The lowest BCUT2D eigenvalue weighted by Gasteiger charge is -2.48. The molecule has 2 bridgehead atoms. The van der Waals surface area contributed by atoms with Crippen LogP contribution in [0.3, 0.4) is 0 Å². The second-order valence-electron chi connectivity index (χ2n) is 9.33. The maximum absolute atomic E-state index is 13.3. The van der Waals surface area contributed by atoms with E-state index in [9.17, 15) is 4.79 Å². The van der Waals surface area contributed by atoms with Gasteiger partial charge in [0.25, 0.3) is 0 Å². The molecule has 1 aliphatic heterocycles. The van der Waals surface area contributed by atoms with Gasteiger partial charge < -0.3 is 10.5 Å². The maximum Gasteiger partial charge on any atom is 0.414 e. The summed E-state index contributed by atoms with van der Waals surface area (Å²) in [4.78, 5) is 19.6. The number of fused-ring (bicyclic) bond motifs is 10. The Hall–Kier alpha value is -3.13. The lowest BCUT2D eigenvalue weighted by molar-refractivity contribution is 0.161. The van der Waals surface area contributed by atoms with E-state index >= 15 is 0 Å². The van der Waals surface area contributed by atoms with Gasteiger partial charge in [0, 0.05) is 5.39 Å². The molecule has 32 heavy (non-hydrogen) atoms. The fourth-order valence-electron chi connectivity index (χ4n) is 6.95. The van der Waals surface area contributed by atoms with E-state index in [1.54, 1.807) is 0 Å². The van der Waals surface area contributed by atoms with Gasteiger partial charge in [-0.25, -0.2) is 9.78 Å². The smallest absolute Gasteiger partial charge is 0.414 e. The highest BCUT2D eigenvalue weighted by atomic mass is 32.1. The Balaban J connectivity index is 1.50. The number of benzene rings is 2. The molecule has 2 aliphatic carbocycles. The van der Waals surface area contributed by atoms with Crippen molar-refractivity contribution in [2.24, 2.45) is 17.8 Å². The molecule has 0 radical (unpaired) electrons. The van der Waals surface area contributed by atoms with Crippen LogP contribution in [0.5, 0.6) is 0 Å². The van der Waals surface area contributed by atoms with Gasteiger partial charge in [0.15, 0.2) is 5.13 Å². The molecule has 2 saturated carbocycles. The molecule has 3 N–H and O–H groups in total. The van der Waals surface area contributed by atoms with Gasteiger partial charge in [0.1, 0.15) is 0 Å². The van der Waals surface area contributed by atoms with Gasteiger partial charge >= 0.3 is 6.09 Å². The highest BCUT2D eigenvalue weighted by Gasteiger charge is 2.57. The minimum absolute atomic E-state index is 0.0766. The molecule has 3 aliphatic rings. The zero-order chi connectivity index (χ0) is 21.6. The second kappa shape index (κ2) is 6.45. The highest BCUT2D eigenvalue weighted by Crippen LogP contribution is 2.66. The number of H-pyrrole nitrogens is 1.